The highest BCUT2D eigenvalue weighted by Crippen LogP contribution is 2.16. The Kier molecular flexibility index (Phi) is 3.72. The molecule has 0 aromatic heterocycles. The molecule has 1 aromatic carbocycles. The number of carbonyl (C=O) groups excluding carboxylic acids is 1. The predicted molar refractivity (Wildman–Crippen MR) is 61.8 cm³/mol. The van der Waals surface area contributed by atoms with Gasteiger partial charge < -0.3 is 14.8 Å². The summed E-state index contributed by atoms with van der Waals surface area (Å²) in [6.45, 7) is 5.25. The minimum absolute atomic E-state index is 0.367. The van der Waals surface area contributed by atoms with Crippen molar-refractivity contribution in [3.63, 3.8) is 0 Å². The minimum atomic E-state index is -1.58. The summed E-state index contributed by atoms with van der Waals surface area (Å²) >= 11 is 0. The molecule has 5 heteroatoms. The van der Waals surface area contributed by atoms with E-state index in [1.165, 1.54) is 7.11 Å². The Morgan fingerprint density at radius 3 is 2.25 bits per heavy atom. The van der Waals surface area contributed by atoms with Crippen LogP contribution < -0.4 is 5.46 Å². The van der Waals surface area contributed by atoms with Crippen molar-refractivity contribution in [2.45, 2.75) is 20.8 Å². The molecule has 86 valence electrons. The molecule has 1 rings (SSSR count). The van der Waals surface area contributed by atoms with Crippen LogP contribution in [-0.4, -0.2) is 30.2 Å². The van der Waals surface area contributed by atoms with E-state index in [0.29, 0.717) is 16.6 Å². The van der Waals surface area contributed by atoms with Crippen LogP contribution in [0.25, 0.3) is 0 Å². The quantitative estimate of drug-likeness (QED) is 0.549. The van der Waals surface area contributed by atoms with Crippen molar-refractivity contribution in [1.29, 1.82) is 0 Å². The van der Waals surface area contributed by atoms with E-state index in [0.717, 1.165) is 11.1 Å². The molecule has 0 aliphatic rings. The summed E-state index contributed by atoms with van der Waals surface area (Å²) < 4.78 is 4.67. The van der Waals surface area contributed by atoms with E-state index in [9.17, 15) is 14.8 Å². The van der Waals surface area contributed by atoms with Gasteiger partial charge in [0.15, 0.2) is 0 Å². The standard InChI is InChI=1S/C11H15BO4/c1-6-5-7(2)10(12(14)15)8(3)9(6)11(13)16-4/h5,14-15H,1-4H3. The Balaban J connectivity index is 3.51. The van der Waals surface area contributed by atoms with Gasteiger partial charge >= 0.3 is 13.1 Å². The second-order valence-corrected chi connectivity index (χ2v) is 3.79. The van der Waals surface area contributed by atoms with Crippen molar-refractivity contribution < 1.29 is 19.6 Å². The molecule has 16 heavy (non-hydrogen) atoms. The van der Waals surface area contributed by atoms with E-state index in [1.807, 2.05) is 0 Å². The molecule has 0 amide bonds. The molecule has 0 saturated carbocycles. The number of hydrogen-bond acceptors (Lipinski definition) is 4. The molecule has 0 aliphatic heterocycles. The maximum atomic E-state index is 11.6. The molecule has 0 unspecified atom stereocenters. The second-order valence-electron chi connectivity index (χ2n) is 3.79. The number of ether oxygens (including phenoxy) is 1. The fourth-order valence-electron chi connectivity index (χ4n) is 2.01. The summed E-state index contributed by atoms with van der Waals surface area (Å²) in [5.41, 5.74) is 2.84. The first kappa shape index (κ1) is 12.7. The molecular formula is C11H15BO4. The van der Waals surface area contributed by atoms with Gasteiger partial charge in [-0.2, -0.15) is 0 Å². The molecule has 0 aliphatic carbocycles. The molecule has 0 bridgehead atoms. The first-order valence-electron chi connectivity index (χ1n) is 4.95. The van der Waals surface area contributed by atoms with E-state index in [1.54, 1.807) is 26.8 Å². The number of aryl methyl sites for hydroxylation is 2. The maximum Gasteiger partial charge on any atom is 0.488 e. The molecule has 2 N–H and O–H groups in total. The summed E-state index contributed by atoms with van der Waals surface area (Å²) in [7, 11) is -0.278. The zero-order chi connectivity index (χ0) is 12.5. The fourth-order valence-corrected chi connectivity index (χ4v) is 2.01. The SMILES string of the molecule is COC(=O)c1c(C)cc(C)c(B(O)O)c1C. The van der Waals surface area contributed by atoms with Crippen LogP contribution in [0.3, 0.4) is 0 Å². The van der Waals surface area contributed by atoms with Gasteiger partial charge in [0.25, 0.3) is 0 Å². The van der Waals surface area contributed by atoms with Crippen LogP contribution in [0.1, 0.15) is 27.0 Å². The molecule has 0 fully saturated rings. The van der Waals surface area contributed by atoms with E-state index in [4.69, 9.17) is 0 Å². The Bertz CT molecular complexity index is 426. The Morgan fingerprint density at radius 2 is 1.81 bits per heavy atom. The number of esters is 1. The van der Waals surface area contributed by atoms with Gasteiger partial charge in [0, 0.05) is 0 Å². The molecular weight excluding hydrogens is 207 g/mol. The van der Waals surface area contributed by atoms with Crippen molar-refractivity contribution >= 4 is 18.6 Å². The normalized spacial score (nSPS) is 10.1. The Hall–Kier alpha value is -1.33. The average Bonchev–Trinajstić information content (AvgIpc) is 2.15. The zero-order valence-corrected chi connectivity index (χ0v) is 9.87. The highest BCUT2D eigenvalue weighted by atomic mass is 16.5. The smallest absolute Gasteiger partial charge is 0.465 e. The lowest BCUT2D eigenvalue weighted by Gasteiger charge is -2.15. The fraction of sp³-hybridized carbons (Fsp3) is 0.364. The number of methoxy groups -OCH3 is 1. The highest BCUT2D eigenvalue weighted by Gasteiger charge is 2.23. The van der Waals surface area contributed by atoms with Gasteiger partial charge in [0.1, 0.15) is 0 Å². The number of carbonyl (C=O) groups is 1. The largest absolute Gasteiger partial charge is 0.488 e. The highest BCUT2D eigenvalue weighted by molar-refractivity contribution is 6.60. The number of hydrogen-bond donors (Lipinski definition) is 2. The van der Waals surface area contributed by atoms with E-state index in [2.05, 4.69) is 4.74 Å². The third kappa shape index (κ3) is 2.10. The van der Waals surface area contributed by atoms with E-state index >= 15 is 0 Å². The lowest BCUT2D eigenvalue weighted by molar-refractivity contribution is 0.0599. The van der Waals surface area contributed by atoms with Crippen LogP contribution in [-0.2, 0) is 4.74 Å². The van der Waals surface area contributed by atoms with Crippen molar-refractivity contribution in [3.05, 3.63) is 28.3 Å². The van der Waals surface area contributed by atoms with Gasteiger partial charge in [-0.1, -0.05) is 11.6 Å². The second kappa shape index (κ2) is 4.68. The molecule has 0 atom stereocenters. The molecule has 1 aromatic rings. The summed E-state index contributed by atoms with van der Waals surface area (Å²) in [5.74, 6) is -0.461. The summed E-state index contributed by atoms with van der Waals surface area (Å²) in [6, 6.07) is 1.74. The van der Waals surface area contributed by atoms with E-state index < -0.39 is 13.1 Å². The lowest BCUT2D eigenvalue weighted by atomic mass is 9.72. The van der Waals surface area contributed by atoms with Crippen LogP contribution in [0.15, 0.2) is 6.07 Å². The first-order chi connectivity index (χ1) is 7.40. The van der Waals surface area contributed by atoms with Crippen LogP contribution in [0.2, 0.25) is 0 Å². The number of benzene rings is 1. The van der Waals surface area contributed by atoms with Crippen molar-refractivity contribution in [2.24, 2.45) is 0 Å². The predicted octanol–water partition coefficient (Wildman–Crippen LogP) is 0.0783. The third-order valence-corrected chi connectivity index (χ3v) is 2.68. The van der Waals surface area contributed by atoms with E-state index in [-0.39, 0.29) is 0 Å². The topological polar surface area (TPSA) is 66.8 Å². The van der Waals surface area contributed by atoms with Crippen molar-refractivity contribution in [2.75, 3.05) is 7.11 Å². The monoisotopic (exact) mass is 222 g/mol. The van der Waals surface area contributed by atoms with Gasteiger partial charge in [-0.3, -0.25) is 0 Å². The summed E-state index contributed by atoms with van der Waals surface area (Å²) in [6.07, 6.45) is 0. The van der Waals surface area contributed by atoms with Crippen molar-refractivity contribution in [3.8, 4) is 0 Å². The van der Waals surface area contributed by atoms with Crippen LogP contribution in [0.5, 0.6) is 0 Å². The molecule has 0 heterocycles. The van der Waals surface area contributed by atoms with Gasteiger partial charge in [-0.25, -0.2) is 4.79 Å². The van der Waals surface area contributed by atoms with Crippen LogP contribution in [0.4, 0.5) is 0 Å². The van der Waals surface area contributed by atoms with Gasteiger partial charge in [-0.15, -0.1) is 0 Å². The molecule has 0 saturated heterocycles. The van der Waals surface area contributed by atoms with Crippen molar-refractivity contribution in [1.82, 2.24) is 0 Å². The van der Waals surface area contributed by atoms with Crippen LogP contribution >= 0.6 is 0 Å². The third-order valence-electron chi connectivity index (χ3n) is 2.68. The maximum absolute atomic E-state index is 11.6. The lowest BCUT2D eigenvalue weighted by Crippen LogP contribution is -2.36. The average molecular weight is 222 g/mol. The van der Waals surface area contributed by atoms with Gasteiger partial charge in [0.2, 0.25) is 0 Å². The molecule has 0 spiro atoms. The number of rotatable bonds is 2. The Morgan fingerprint density at radius 1 is 1.25 bits per heavy atom. The van der Waals surface area contributed by atoms with Crippen LogP contribution in [0, 0.1) is 20.8 Å². The summed E-state index contributed by atoms with van der Waals surface area (Å²) in [4.78, 5) is 11.6. The Labute approximate surface area is 95.0 Å². The van der Waals surface area contributed by atoms with Gasteiger partial charge in [0.05, 0.1) is 12.7 Å². The zero-order valence-electron chi connectivity index (χ0n) is 9.87. The van der Waals surface area contributed by atoms with Gasteiger partial charge in [-0.05, 0) is 37.4 Å². The minimum Gasteiger partial charge on any atom is -0.465 e. The molecule has 0 radical (unpaired) electrons. The molecule has 4 nitrogen and oxygen atoms in total. The summed E-state index contributed by atoms with van der Waals surface area (Å²) in [5, 5.41) is 18.5. The first-order valence-corrected chi connectivity index (χ1v) is 4.95.